The Labute approximate surface area is 190 Å². The molecular weight excluding hydrogens is 416 g/mol. The first-order valence-corrected chi connectivity index (χ1v) is 11.5. The van der Waals surface area contributed by atoms with Crippen LogP contribution in [0.15, 0.2) is 35.8 Å². The molecule has 1 heterocycles. The van der Waals surface area contributed by atoms with Crippen LogP contribution in [-0.4, -0.2) is 56.3 Å². The minimum atomic E-state index is -1.42. The standard InChI is InChI=1S/C18H32O2.C6H8O6/c1-2-3-4-5-6-7-8-9-10-11-12-13-14-15-16-17-18(19)20;7-1-2(8)5-3(9)4(10)6(11)12-5/h6-7,9-10H,2-5,8,11-17H2,1H3,(H,19,20);2,5,7-10H,1H2/b7-6-,10-9-;/t;2-,5+/m.0/s1. The third-order valence-electron chi connectivity index (χ3n) is 4.82. The highest BCUT2D eigenvalue weighted by molar-refractivity contribution is 5.89. The molecule has 0 aliphatic carbocycles. The summed E-state index contributed by atoms with van der Waals surface area (Å²) in [6, 6.07) is 0. The van der Waals surface area contributed by atoms with E-state index in [2.05, 4.69) is 36.0 Å². The number of carbonyl (C=O) groups is 2. The Morgan fingerprint density at radius 2 is 1.53 bits per heavy atom. The van der Waals surface area contributed by atoms with E-state index in [1.165, 1.54) is 44.9 Å². The van der Waals surface area contributed by atoms with Crippen LogP contribution in [0.25, 0.3) is 0 Å². The van der Waals surface area contributed by atoms with Crippen LogP contribution in [0.5, 0.6) is 0 Å². The predicted molar refractivity (Wildman–Crippen MR) is 122 cm³/mol. The summed E-state index contributed by atoms with van der Waals surface area (Å²) in [6.45, 7) is 1.56. The van der Waals surface area contributed by atoms with E-state index < -0.39 is 42.3 Å². The summed E-state index contributed by atoms with van der Waals surface area (Å²) < 4.78 is 4.32. The number of cyclic esters (lactones) is 1. The van der Waals surface area contributed by atoms with Gasteiger partial charge in [-0.1, -0.05) is 63.3 Å². The topological polar surface area (TPSA) is 145 Å². The number of aliphatic hydroxyl groups excluding tert-OH is 4. The fourth-order valence-corrected chi connectivity index (χ4v) is 2.91. The molecule has 0 spiro atoms. The second-order valence-electron chi connectivity index (χ2n) is 7.68. The predicted octanol–water partition coefficient (Wildman–Crippen LogP) is 4.48. The van der Waals surface area contributed by atoms with Crippen LogP contribution in [0.4, 0.5) is 0 Å². The molecule has 184 valence electrons. The van der Waals surface area contributed by atoms with Crippen molar-refractivity contribution in [2.24, 2.45) is 0 Å². The zero-order valence-corrected chi connectivity index (χ0v) is 19.1. The second-order valence-corrected chi connectivity index (χ2v) is 7.68. The number of carbonyl (C=O) groups excluding carboxylic acids is 1. The zero-order valence-electron chi connectivity index (χ0n) is 19.1. The molecule has 5 N–H and O–H groups in total. The van der Waals surface area contributed by atoms with Gasteiger partial charge in [0.1, 0.15) is 6.10 Å². The lowest BCUT2D eigenvalue weighted by Gasteiger charge is -2.13. The lowest BCUT2D eigenvalue weighted by molar-refractivity contribution is -0.147. The highest BCUT2D eigenvalue weighted by Crippen LogP contribution is 2.20. The first-order valence-electron chi connectivity index (χ1n) is 11.5. The minimum Gasteiger partial charge on any atom is -0.505 e. The molecule has 0 bridgehead atoms. The van der Waals surface area contributed by atoms with Crippen molar-refractivity contribution in [3.8, 4) is 0 Å². The van der Waals surface area contributed by atoms with Gasteiger partial charge >= 0.3 is 11.9 Å². The molecule has 2 atom stereocenters. The SMILES string of the molecule is CCCCC/C=C\C/C=C\CCCCCCCC(=O)O.O=C1O[C@H]([C@@H](O)CO)C(O)=C1O. The number of ether oxygens (including phenoxy) is 1. The lowest BCUT2D eigenvalue weighted by atomic mass is 10.1. The van der Waals surface area contributed by atoms with Crippen LogP contribution in [-0.2, 0) is 14.3 Å². The van der Waals surface area contributed by atoms with Gasteiger partial charge in [-0.15, -0.1) is 0 Å². The van der Waals surface area contributed by atoms with Crippen LogP contribution in [0.1, 0.15) is 84.0 Å². The molecule has 0 fully saturated rings. The molecule has 0 amide bonds. The molecule has 32 heavy (non-hydrogen) atoms. The van der Waals surface area contributed by atoms with E-state index in [1.54, 1.807) is 0 Å². The van der Waals surface area contributed by atoms with Crippen molar-refractivity contribution in [1.29, 1.82) is 0 Å². The number of aliphatic hydroxyl groups is 4. The highest BCUT2D eigenvalue weighted by atomic mass is 16.6. The van der Waals surface area contributed by atoms with Crippen molar-refractivity contribution < 1.29 is 39.9 Å². The number of unbranched alkanes of at least 4 members (excludes halogenated alkanes) is 8. The fourth-order valence-electron chi connectivity index (χ4n) is 2.91. The van der Waals surface area contributed by atoms with Gasteiger partial charge in [0.2, 0.25) is 5.76 Å². The summed E-state index contributed by atoms with van der Waals surface area (Å²) in [5.74, 6) is -3.45. The average molecular weight is 457 g/mol. The summed E-state index contributed by atoms with van der Waals surface area (Å²) in [5.41, 5.74) is 0. The summed E-state index contributed by atoms with van der Waals surface area (Å²) in [7, 11) is 0. The van der Waals surface area contributed by atoms with E-state index >= 15 is 0 Å². The number of hydrogen-bond acceptors (Lipinski definition) is 7. The first kappa shape index (κ1) is 29.7. The van der Waals surface area contributed by atoms with Crippen LogP contribution in [0, 0.1) is 0 Å². The molecule has 0 saturated carbocycles. The van der Waals surface area contributed by atoms with Gasteiger partial charge in [0.05, 0.1) is 6.61 Å². The Hall–Kier alpha value is -2.32. The van der Waals surface area contributed by atoms with Gasteiger partial charge in [-0.3, -0.25) is 4.79 Å². The molecule has 0 aromatic heterocycles. The molecule has 8 nitrogen and oxygen atoms in total. The summed E-state index contributed by atoms with van der Waals surface area (Å²) in [5, 5.41) is 43.5. The van der Waals surface area contributed by atoms with E-state index in [0.717, 1.165) is 25.7 Å². The molecule has 0 saturated heterocycles. The fraction of sp³-hybridized carbons (Fsp3) is 0.667. The largest absolute Gasteiger partial charge is 0.505 e. The lowest BCUT2D eigenvalue weighted by Crippen LogP contribution is -2.31. The van der Waals surface area contributed by atoms with Crippen LogP contribution < -0.4 is 0 Å². The van der Waals surface area contributed by atoms with Gasteiger partial charge < -0.3 is 30.3 Å². The second kappa shape index (κ2) is 19.4. The Bertz CT molecular complexity index is 609. The Morgan fingerprint density at radius 1 is 0.969 bits per heavy atom. The quantitative estimate of drug-likeness (QED) is 0.130. The Morgan fingerprint density at radius 3 is 2.03 bits per heavy atom. The third kappa shape index (κ3) is 14.6. The van der Waals surface area contributed by atoms with Gasteiger partial charge in [0.25, 0.3) is 0 Å². The van der Waals surface area contributed by atoms with E-state index in [-0.39, 0.29) is 0 Å². The number of allylic oxidation sites excluding steroid dienone is 4. The normalized spacial score (nSPS) is 17.0. The van der Waals surface area contributed by atoms with Crippen LogP contribution in [0.3, 0.4) is 0 Å². The highest BCUT2D eigenvalue weighted by Gasteiger charge is 2.38. The number of aliphatic carboxylic acids is 1. The zero-order chi connectivity index (χ0) is 24.2. The Kier molecular flexibility index (Phi) is 18.0. The number of hydrogen-bond donors (Lipinski definition) is 5. The maximum absolute atomic E-state index is 10.5. The molecule has 0 aromatic carbocycles. The molecule has 1 rings (SSSR count). The van der Waals surface area contributed by atoms with Gasteiger partial charge in [-0.2, -0.15) is 0 Å². The number of carboxylic acid groups (broad SMARTS) is 1. The van der Waals surface area contributed by atoms with Crippen LogP contribution >= 0.6 is 0 Å². The number of esters is 1. The van der Waals surface area contributed by atoms with Crippen molar-refractivity contribution >= 4 is 11.9 Å². The van der Waals surface area contributed by atoms with Crippen molar-refractivity contribution in [3.63, 3.8) is 0 Å². The number of rotatable bonds is 16. The van der Waals surface area contributed by atoms with Crippen molar-refractivity contribution in [1.82, 2.24) is 0 Å². The molecule has 0 radical (unpaired) electrons. The maximum atomic E-state index is 10.5. The van der Waals surface area contributed by atoms with Crippen LogP contribution in [0.2, 0.25) is 0 Å². The molecule has 1 aliphatic rings. The molecule has 0 unspecified atom stereocenters. The smallest absolute Gasteiger partial charge is 0.377 e. The van der Waals surface area contributed by atoms with E-state index in [9.17, 15) is 9.59 Å². The van der Waals surface area contributed by atoms with E-state index in [4.69, 9.17) is 25.5 Å². The summed E-state index contributed by atoms with van der Waals surface area (Å²) in [4.78, 5) is 20.9. The van der Waals surface area contributed by atoms with Gasteiger partial charge in [-0.05, 0) is 38.5 Å². The molecule has 8 heteroatoms. The first-order chi connectivity index (χ1) is 15.3. The van der Waals surface area contributed by atoms with Gasteiger partial charge in [-0.25, -0.2) is 4.79 Å². The van der Waals surface area contributed by atoms with Crippen molar-refractivity contribution in [2.75, 3.05) is 6.61 Å². The minimum absolute atomic E-state index is 0.324. The van der Waals surface area contributed by atoms with E-state index in [0.29, 0.717) is 6.42 Å². The molecule has 0 aromatic rings. The van der Waals surface area contributed by atoms with Crippen molar-refractivity contribution in [3.05, 3.63) is 35.8 Å². The average Bonchev–Trinajstić information content (AvgIpc) is 3.03. The number of carboxylic acids is 1. The molecule has 1 aliphatic heterocycles. The molecular formula is C24H40O8. The van der Waals surface area contributed by atoms with Gasteiger partial charge in [0, 0.05) is 6.42 Å². The Balaban J connectivity index is 0.000000677. The van der Waals surface area contributed by atoms with Crippen molar-refractivity contribution in [2.45, 2.75) is 96.2 Å². The van der Waals surface area contributed by atoms with Gasteiger partial charge in [0.15, 0.2) is 11.9 Å². The summed E-state index contributed by atoms with van der Waals surface area (Å²) in [6.07, 6.45) is 19.5. The maximum Gasteiger partial charge on any atom is 0.377 e. The summed E-state index contributed by atoms with van der Waals surface area (Å²) >= 11 is 0. The third-order valence-corrected chi connectivity index (χ3v) is 4.82. The monoisotopic (exact) mass is 456 g/mol. The van der Waals surface area contributed by atoms with E-state index in [1.807, 2.05) is 0 Å².